The summed E-state index contributed by atoms with van der Waals surface area (Å²) < 4.78 is 10.5. The molecule has 0 aromatic rings. The van der Waals surface area contributed by atoms with Crippen molar-refractivity contribution >= 4 is 11.9 Å². The van der Waals surface area contributed by atoms with Crippen LogP contribution in [0.15, 0.2) is 0 Å². The van der Waals surface area contributed by atoms with E-state index in [1.165, 1.54) is 89.9 Å². The third kappa shape index (κ3) is 24.6. The number of aliphatic hydroxyl groups excluding tert-OH is 1. The maximum atomic E-state index is 12.0. The average molecular weight is 513 g/mol. The highest BCUT2D eigenvalue weighted by molar-refractivity contribution is 5.70. The summed E-state index contributed by atoms with van der Waals surface area (Å²) in [5.74, 6) is 0.271. The van der Waals surface area contributed by atoms with Crippen LogP contribution in [-0.4, -0.2) is 36.4 Å². The minimum Gasteiger partial charge on any atom is -0.462 e. The Morgan fingerprint density at radius 1 is 0.639 bits per heavy atom. The van der Waals surface area contributed by atoms with Crippen LogP contribution in [0, 0.1) is 5.92 Å². The molecule has 5 heteroatoms. The van der Waals surface area contributed by atoms with Crippen molar-refractivity contribution < 1.29 is 24.2 Å². The van der Waals surface area contributed by atoms with Gasteiger partial charge in [0.05, 0.1) is 6.61 Å². The van der Waals surface area contributed by atoms with Crippen LogP contribution in [0.1, 0.15) is 162 Å². The molecule has 1 N–H and O–H groups in total. The van der Waals surface area contributed by atoms with Crippen molar-refractivity contribution in [2.75, 3.05) is 13.2 Å². The Morgan fingerprint density at radius 3 is 1.56 bits per heavy atom. The predicted molar refractivity (Wildman–Crippen MR) is 150 cm³/mol. The molecule has 0 fully saturated rings. The summed E-state index contributed by atoms with van der Waals surface area (Å²) in [6.45, 7) is 6.45. The molecular weight excluding hydrogens is 452 g/mol. The number of carbonyl (C=O) groups excluding carboxylic acids is 2. The molecule has 0 aliphatic heterocycles. The second-order valence-corrected chi connectivity index (χ2v) is 10.8. The van der Waals surface area contributed by atoms with E-state index in [0.29, 0.717) is 12.8 Å². The first-order valence-electron chi connectivity index (χ1n) is 15.5. The Hall–Kier alpha value is -1.10. The van der Waals surface area contributed by atoms with Gasteiger partial charge in [-0.2, -0.15) is 0 Å². The van der Waals surface area contributed by atoms with Crippen molar-refractivity contribution in [3.8, 4) is 0 Å². The van der Waals surface area contributed by atoms with E-state index in [1.807, 2.05) is 0 Å². The van der Waals surface area contributed by atoms with Gasteiger partial charge in [0.1, 0.15) is 6.61 Å². The summed E-state index contributed by atoms with van der Waals surface area (Å²) in [6.07, 6.45) is 24.3. The molecule has 5 nitrogen and oxygen atoms in total. The number of hydrogen-bond acceptors (Lipinski definition) is 5. The first-order valence-corrected chi connectivity index (χ1v) is 15.5. The van der Waals surface area contributed by atoms with Crippen LogP contribution in [0.4, 0.5) is 0 Å². The van der Waals surface area contributed by atoms with E-state index in [4.69, 9.17) is 9.47 Å². The highest BCUT2D eigenvalue weighted by Crippen LogP contribution is 2.15. The first-order chi connectivity index (χ1) is 17.5. The standard InChI is InChI=1S/C31H60O5/c1-4-6-7-8-9-10-11-16-19-22-25-31(34)36-29(26-32)27-35-30(33)24-21-18-15-13-12-14-17-20-23-28(3)5-2/h28-29,32H,4-27H2,1-3H3/t28?,29-/m0/s1. The fourth-order valence-electron chi connectivity index (χ4n) is 4.41. The van der Waals surface area contributed by atoms with E-state index in [9.17, 15) is 14.7 Å². The molecule has 0 heterocycles. The molecule has 0 saturated heterocycles. The molecule has 0 aliphatic carbocycles. The van der Waals surface area contributed by atoms with Crippen molar-refractivity contribution in [3.63, 3.8) is 0 Å². The lowest BCUT2D eigenvalue weighted by Gasteiger charge is -2.15. The monoisotopic (exact) mass is 512 g/mol. The van der Waals surface area contributed by atoms with E-state index < -0.39 is 6.10 Å². The van der Waals surface area contributed by atoms with Crippen molar-refractivity contribution in [2.45, 2.75) is 168 Å². The molecule has 0 rings (SSSR count). The smallest absolute Gasteiger partial charge is 0.306 e. The zero-order chi connectivity index (χ0) is 26.7. The molecule has 0 saturated carbocycles. The summed E-state index contributed by atoms with van der Waals surface area (Å²) in [7, 11) is 0. The van der Waals surface area contributed by atoms with Crippen molar-refractivity contribution in [1.82, 2.24) is 0 Å². The topological polar surface area (TPSA) is 72.8 Å². The molecule has 214 valence electrons. The summed E-state index contributed by atoms with van der Waals surface area (Å²) in [6, 6.07) is 0. The normalized spacial score (nSPS) is 12.9. The summed E-state index contributed by atoms with van der Waals surface area (Å²) >= 11 is 0. The summed E-state index contributed by atoms with van der Waals surface area (Å²) in [4.78, 5) is 24.0. The van der Waals surface area contributed by atoms with Crippen LogP contribution in [0.3, 0.4) is 0 Å². The second-order valence-electron chi connectivity index (χ2n) is 10.8. The molecule has 2 atom stereocenters. The van der Waals surface area contributed by atoms with Gasteiger partial charge in [0.15, 0.2) is 6.10 Å². The minimum atomic E-state index is -0.759. The lowest BCUT2D eigenvalue weighted by molar-refractivity contribution is -0.161. The molecule has 0 aromatic heterocycles. The minimum absolute atomic E-state index is 0.0598. The van der Waals surface area contributed by atoms with Gasteiger partial charge in [0.25, 0.3) is 0 Å². The van der Waals surface area contributed by atoms with Crippen molar-refractivity contribution in [2.24, 2.45) is 5.92 Å². The van der Waals surface area contributed by atoms with Gasteiger partial charge in [-0.15, -0.1) is 0 Å². The van der Waals surface area contributed by atoms with Crippen LogP contribution in [-0.2, 0) is 19.1 Å². The van der Waals surface area contributed by atoms with Crippen molar-refractivity contribution in [1.29, 1.82) is 0 Å². The molecular formula is C31H60O5. The van der Waals surface area contributed by atoms with Gasteiger partial charge in [0.2, 0.25) is 0 Å². The molecule has 0 spiro atoms. The van der Waals surface area contributed by atoms with Gasteiger partial charge >= 0.3 is 11.9 Å². The number of rotatable bonds is 27. The van der Waals surface area contributed by atoms with Crippen LogP contribution in [0.5, 0.6) is 0 Å². The highest BCUT2D eigenvalue weighted by Gasteiger charge is 2.16. The molecule has 36 heavy (non-hydrogen) atoms. The van der Waals surface area contributed by atoms with Crippen LogP contribution in [0.2, 0.25) is 0 Å². The number of aliphatic hydroxyl groups is 1. The third-order valence-electron chi connectivity index (χ3n) is 7.19. The SMILES string of the molecule is CCCCCCCCCCCCC(=O)O[C@@H](CO)COC(=O)CCCCCCCCCCC(C)CC. The lowest BCUT2D eigenvalue weighted by atomic mass is 9.99. The van der Waals surface area contributed by atoms with Gasteiger partial charge < -0.3 is 14.6 Å². The maximum Gasteiger partial charge on any atom is 0.306 e. The molecule has 0 amide bonds. The van der Waals surface area contributed by atoms with E-state index in [0.717, 1.165) is 44.4 Å². The summed E-state index contributed by atoms with van der Waals surface area (Å²) in [5, 5.41) is 9.46. The Labute approximate surface area is 223 Å². The fraction of sp³-hybridized carbons (Fsp3) is 0.935. The second kappa shape index (κ2) is 26.9. The Kier molecular flexibility index (Phi) is 26.1. The molecule has 1 unspecified atom stereocenters. The first kappa shape index (κ1) is 34.9. The van der Waals surface area contributed by atoms with E-state index in [2.05, 4.69) is 20.8 Å². The molecule has 0 aromatic carbocycles. The largest absolute Gasteiger partial charge is 0.462 e. The van der Waals surface area contributed by atoms with Crippen molar-refractivity contribution in [3.05, 3.63) is 0 Å². The van der Waals surface area contributed by atoms with Crippen LogP contribution < -0.4 is 0 Å². The maximum absolute atomic E-state index is 12.0. The number of esters is 2. The number of ether oxygens (including phenoxy) is 2. The lowest BCUT2D eigenvalue weighted by Crippen LogP contribution is -2.28. The number of carbonyl (C=O) groups is 2. The van der Waals surface area contributed by atoms with Gasteiger partial charge in [-0.3, -0.25) is 9.59 Å². The fourth-order valence-corrected chi connectivity index (χ4v) is 4.41. The van der Waals surface area contributed by atoms with E-state index in [-0.39, 0.29) is 25.2 Å². The van der Waals surface area contributed by atoms with Gasteiger partial charge in [0, 0.05) is 12.8 Å². The number of hydrogen-bond donors (Lipinski definition) is 1. The zero-order valence-electron chi connectivity index (χ0n) is 24.2. The zero-order valence-corrected chi connectivity index (χ0v) is 24.2. The van der Waals surface area contributed by atoms with E-state index >= 15 is 0 Å². The third-order valence-corrected chi connectivity index (χ3v) is 7.19. The number of unbranched alkanes of at least 4 members (excludes halogenated alkanes) is 16. The molecule has 0 bridgehead atoms. The quantitative estimate of drug-likeness (QED) is 0.0880. The van der Waals surface area contributed by atoms with E-state index in [1.54, 1.807) is 0 Å². The van der Waals surface area contributed by atoms with Crippen LogP contribution in [0.25, 0.3) is 0 Å². The molecule has 0 radical (unpaired) electrons. The summed E-state index contributed by atoms with van der Waals surface area (Å²) in [5.41, 5.74) is 0. The Morgan fingerprint density at radius 2 is 1.08 bits per heavy atom. The average Bonchev–Trinajstić information content (AvgIpc) is 2.88. The van der Waals surface area contributed by atoms with Crippen LogP contribution >= 0.6 is 0 Å². The predicted octanol–water partition coefficient (Wildman–Crippen LogP) is 8.69. The van der Waals surface area contributed by atoms with Gasteiger partial charge in [-0.1, -0.05) is 136 Å². The highest BCUT2D eigenvalue weighted by atomic mass is 16.6. The molecule has 0 aliphatic rings. The van der Waals surface area contributed by atoms with Gasteiger partial charge in [-0.05, 0) is 18.8 Å². The Balaban J connectivity index is 3.59. The Bertz CT molecular complexity index is 493. The van der Waals surface area contributed by atoms with Gasteiger partial charge in [-0.25, -0.2) is 0 Å².